The number of rotatable bonds is 0. The molecular formula is C23H28O4. The lowest BCUT2D eigenvalue weighted by atomic mass is 9.66. The van der Waals surface area contributed by atoms with Crippen LogP contribution >= 0.6 is 0 Å². The van der Waals surface area contributed by atoms with Crippen LogP contribution in [0.3, 0.4) is 0 Å². The molecule has 0 bridgehead atoms. The first-order chi connectivity index (χ1) is 12.9. The largest absolute Gasteiger partial charge is 0.491 e. The van der Waals surface area contributed by atoms with Crippen LogP contribution in [0.5, 0.6) is 0 Å². The fourth-order valence-corrected chi connectivity index (χ4v) is 5.81. The number of fused-ring (bicyclic) bond motifs is 6. The van der Waals surface area contributed by atoms with Crippen LogP contribution in [-0.4, -0.2) is 11.4 Å². The van der Waals surface area contributed by atoms with E-state index in [0.717, 1.165) is 72.6 Å². The summed E-state index contributed by atoms with van der Waals surface area (Å²) >= 11 is 0. The monoisotopic (exact) mass is 368 g/mol. The molecule has 3 unspecified atom stereocenters. The van der Waals surface area contributed by atoms with Crippen molar-refractivity contribution in [3.63, 3.8) is 0 Å². The van der Waals surface area contributed by atoms with Gasteiger partial charge in [-0.15, -0.1) is 0 Å². The van der Waals surface area contributed by atoms with E-state index in [0.29, 0.717) is 17.8 Å². The van der Waals surface area contributed by atoms with E-state index in [1.54, 1.807) is 0 Å². The SMILES string of the molecule is CC1CC(=O)C2=c3oc(=O)c4c(c3=C3OC(C)(C)CCC3C2C1)CCCC4. The number of carbonyl (C=O) groups excluding carboxylic acids is 1. The Balaban J connectivity index is 1.91. The van der Waals surface area contributed by atoms with Gasteiger partial charge in [0, 0.05) is 29.4 Å². The number of carbonyl (C=O) groups is 1. The quantitative estimate of drug-likeness (QED) is 0.706. The number of hydrogen-bond acceptors (Lipinski definition) is 4. The standard InChI is InChI=1S/C23H28O4/c1-12-10-16-14-8-9-23(2,3)27-20(14)19-13-6-4-5-7-15(13)22(25)26-21(19)18(16)17(24)11-12/h12,14,16H,4-11H2,1-3H3. The molecule has 27 heavy (non-hydrogen) atoms. The molecule has 0 radical (unpaired) electrons. The van der Waals surface area contributed by atoms with Crippen molar-refractivity contribution < 1.29 is 13.9 Å². The summed E-state index contributed by atoms with van der Waals surface area (Å²) < 4.78 is 12.4. The zero-order valence-electron chi connectivity index (χ0n) is 16.5. The molecule has 0 N–H and O–H groups in total. The van der Waals surface area contributed by atoms with Gasteiger partial charge >= 0.3 is 5.63 Å². The van der Waals surface area contributed by atoms with Crippen molar-refractivity contribution in [3.8, 4) is 0 Å². The maximum Gasteiger partial charge on any atom is 0.339 e. The fraction of sp³-hybridized carbons (Fsp3) is 0.652. The molecule has 0 aromatic carbocycles. The summed E-state index contributed by atoms with van der Waals surface area (Å²) in [6, 6.07) is 0. The van der Waals surface area contributed by atoms with Gasteiger partial charge in [-0.2, -0.15) is 0 Å². The van der Waals surface area contributed by atoms with Gasteiger partial charge in [0.05, 0.1) is 5.22 Å². The third-order valence-corrected chi connectivity index (χ3v) is 7.06. The molecule has 3 atom stereocenters. The van der Waals surface area contributed by atoms with Gasteiger partial charge in [-0.3, -0.25) is 4.79 Å². The molecule has 1 saturated carbocycles. The molecular weight excluding hydrogens is 340 g/mol. The van der Waals surface area contributed by atoms with Crippen molar-refractivity contribution in [1.29, 1.82) is 0 Å². The smallest absolute Gasteiger partial charge is 0.339 e. The van der Waals surface area contributed by atoms with Gasteiger partial charge in [-0.05, 0) is 70.3 Å². The van der Waals surface area contributed by atoms with Crippen molar-refractivity contribution in [2.24, 2.45) is 17.8 Å². The molecule has 0 amide bonds. The Labute approximate surface area is 159 Å². The predicted octanol–water partition coefficient (Wildman–Crippen LogP) is 2.61. The van der Waals surface area contributed by atoms with Gasteiger partial charge in [0.1, 0.15) is 16.8 Å². The van der Waals surface area contributed by atoms with Gasteiger partial charge in [-0.25, -0.2) is 4.79 Å². The molecule has 5 rings (SSSR count). The second-order valence-electron chi connectivity index (χ2n) is 9.62. The van der Waals surface area contributed by atoms with E-state index in [1.165, 1.54) is 0 Å². The van der Waals surface area contributed by atoms with Crippen LogP contribution in [0, 0.1) is 17.8 Å². The first kappa shape index (κ1) is 17.3. The van der Waals surface area contributed by atoms with Crippen LogP contribution in [0.15, 0.2) is 9.21 Å². The van der Waals surface area contributed by atoms with Gasteiger partial charge in [-0.1, -0.05) is 6.92 Å². The zero-order valence-corrected chi connectivity index (χ0v) is 16.5. The Hall–Kier alpha value is -1.84. The van der Waals surface area contributed by atoms with Crippen molar-refractivity contribution in [2.75, 3.05) is 0 Å². The Morgan fingerprint density at radius 1 is 1.04 bits per heavy atom. The average molecular weight is 368 g/mol. The first-order valence-electron chi connectivity index (χ1n) is 10.5. The Morgan fingerprint density at radius 3 is 2.56 bits per heavy atom. The summed E-state index contributed by atoms with van der Waals surface area (Å²) in [6.45, 7) is 6.42. The van der Waals surface area contributed by atoms with Crippen molar-refractivity contribution >= 4 is 17.1 Å². The highest BCUT2D eigenvalue weighted by Gasteiger charge is 2.46. The molecule has 4 heteroatoms. The van der Waals surface area contributed by atoms with Crippen LogP contribution in [0.4, 0.5) is 0 Å². The van der Waals surface area contributed by atoms with Gasteiger partial charge in [0.15, 0.2) is 5.78 Å². The van der Waals surface area contributed by atoms with E-state index >= 15 is 0 Å². The molecule has 144 valence electrons. The predicted molar refractivity (Wildman–Crippen MR) is 102 cm³/mol. The highest BCUT2D eigenvalue weighted by molar-refractivity contribution is 6.16. The van der Waals surface area contributed by atoms with Crippen LogP contribution in [0.2, 0.25) is 0 Å². The minimum atomic E-state index is -0.241. The summed E-state index contributed by atoms with van der Waals surface area (Å²) in [5.74, 6) is 1.91. The Morgan fingerprint density at radius 2 is 1.78 bits per heavy atom. The zero-order chi connectivity index (χ0) is 18.9. The minimum Gasteiger partial charge on any atom is -0.491 e. The minimum absolute atomic E-state index is 0.129. The maximum absolute atomic E-state index is 13.0. The molecule has 1 saturated heterocycles. The van der Waals surface area contributed by atoms with Crippen molar-refractivity contribution in [2.45, 2.75) is 77.7 Å². The van der Waals surface area contributed by atoms with E-state index in [1.807, 2.05) is 0 Å². The lowest BCUT2D eigenvalue weighted by Crippen LogP contribution is -2.52. The van der Waals surface area contributed by atoms with E-state index in [-0.39, 0.29) is 28.8 Å². The normalized spacial score (nSPS) is 31.4. The number of Topliss-reactive ketones (excluding diaryl/α,β-unsaturated/α-hetero) is 1. The molecule has 1 aromatic heterocycles. The van der Waals surface area contributed by atoms with Gasteiger partial charge in [0.25, 0.3) is 0 Å². The topological polar surface area (TPSA) is 56.5 Å². The van der Waals surface area contributed by atoms with E-state index < -0.39 is 0 Å². The molecule has 0 spiro atoms. The second-order valence-corrected chi connectivity index (χ2v) is 9.62. The maximum atomic E-state index is 13.0. The summed E-state index contributed by atoms with van der Waals surface area (Å²) in [7, 11) is 0. The molecule has 4 aliphatic rings. The average Bonchev–Trinajstić information content (AvgIpc) is 2.60. The summed E-state index contributed by atoms with van der Waals surface area (Å²) in [5, 5.41) is 0.969. The number of ketones is 1. The highest BCUT2D eigenvalue weighted by atomic mass is 16.5. The first-order valence-corrected chi connectivity index (χ1v) is 10.5. The molecule has 1 aliphatic heterocycles. The molecule has 2 fully saturated rings. The summed E-state index contributed by atoms with van der Waals surface area (Å²) in [6.07, 6.45) is 7.30. The van der Waals surface area contributed by atoms with Crippen LogP contribution < -0.4 is 16.3 Å². The number of hydrogen-bond donors (Lipinski definition) is 0. The third kappa shape index (κ3) is 2.55. The summed E-state index contributed by atoms with van der Waals surface area (Å²) in [5.41, 5.74) is 2.78. The molecule has 2 heterocycles. The second kappa shape index (κ2) is 5.83. The van der Waals surface area contributed by atoms with E-state index in [9.17, 15) is 9.59 Å². The van der Waals surface area contributed by atoms with Crippen molar-refractivity contribution in [1.82, 2.24) is 0 Å². The van der Waals surface area contributed by atoms with Crippen LogP contribution in [0.1, 0.15) is 70.4 Å². The molecule has 1 aromatic rings. The van der Waals surface area contributed by atoms with Gasteiger partial charge < -0.3 is 9.15 Å². The van der Waals surface area contributed by atoms with Crippen LogP contribution in [-0.2, 0) is 22.4 Å². The Bertz CT molecular complexity index is 1010. The molecule has 3 aliphatic carbocycles. The number of ether oxygens (including phenoxy) is 1. The lowest BCUT2D eigenvalue weighted by Gasteiger charge is -2.44. The van der Waals surface area contributed by atoms with Gasteiger partial charge in [0.2, 0.25) is 0 Å². The highest BCUT2D eigenvalue weighted by Crippen LogP contribution is 2.47. The summed E-state index contributed by atoms with van der Waals surface area (Å²) in [4.78, 5) is 25.8. The Kier molecular flexibility index (Phi) is 3.73. The third-order valence-electron chi connectivity index (χ3n) is 7.06. The van der Waals surface area contributed by atoms with E-state index in [2.05, 4.69) is 20.8 Å². The van der Waals surface area contributed by atoms with Crippen LogP contribution in [0.25, 0.3) is 11.3 Å². The van der Waals surface area contributed by atoms with E-state index in [4.69, 9.17) is 9.15 Å². The lowest BCUT2D eigenvalue weighted by molar-refractivity contribution is -0.116. The van der Waals surface area contributed by atoms with Crippen molar-refractivity contribution in [3.05, 3.63) is 32.2 Å². The molecule has 4 nitrogen and oxygen atoms in total. The fourth-order valence-electron chi connectivity index (χ4n) is 5.81.